The minimum absolute atomic E-state index is 0.0550. The van der Waals surface area contributed by atoms with Gasteiger partial charge < -0.3 is 20.1 Å². The number of hydrogen-bond donors (Lipinski definition) is 2. The van der Waals surface area contributed by atoms with Gasteiger partial charge in [-0.1, -0.05) is 0 Å². The van der Waals surface area contributed by atoms with Crippen molar-refractivity contribution in [1.82, 2.24) is 10.2 Å². The summed E-state index contributed by atoms with van der Waals surface area (Å²) in [5.41, 5.74) is 0. The van der Waals surface area contributed by atoms with Gasteiger partial charge in [0.2, 0.25) is 5.91 Å². The minimum atomic E-state index is -0.935. The molecule has 0 radical (unpaired) electrons. The number of nitrogens with one attached hydrogen (secondary N) is 1. The molecule has 1 amide bonds. The monoisotopic (exact) mass is 270 g/mol. The number of carbonyl (C=O) groups is 2. The molecule has 2 N–H and O–H groups in total. The van der Waals surface area contributed by atoms with Gasteiger partial charge in [0.15, 0.2) is 0 Å². The van der Waals surface area contributed by atoms with Crippen molar-refractivity contribution in [2.75, 3.05) is 26.7 Å². The van der Waals surface area contributed by atoms with Crippen molar-refractivity contribution >= 4 is 11.9 Å². The van der Waals surface area contributed by atoms with E-state index in [1.54, 1.807) is 7.11 Å². The molecule has 2 heterocycles. The highest BCUT2D eigenvalue weighted by Crippen LogP contribution is 2.23. The zero-order chi connectivity index (χ0) is 13.8. The summed E-state index contributed by atoms with van der Waals surface area (Å²) in [5.74, 6) is -0.660. The number of methoxy groups -OCH3 is 1. The molecule has 3 unspecified atom stereocenters. The van der Waals surface area contributed by atoms with Crippen molar-refractivity contribution in [3.05, 3.63) is 0 Å². The van der Waals surface area contributed by atoms with Gasteiger partial charge in [0.1, 0.15) is 6.04 Å². The van der Waals surface area contributed by atoms with Gasteiger partial charge in [-0.2, -0.15) is 0 Å². The SMILES string of the molecule is COC1CC(C(=O)O)N(C(=O)CC2CCCNC2)C1. The van der Waals surface area contributed by atoms with Gasteiger partial charge in [-0.15, -0.1) is 0 Å². The molecule has 2 rings (SSSR count). The van der Waals surface area contributed by atoms with Crippen LogP contribution in [0.3, 0.4) is 0 Å². The van der Waals surface area contributed by atoms with E-state index in [9.17, 15) is 14.7 Å². The number of ether oxygens (including phenoxy) is 1. The highest BCUT2D eigenvalue weighted by atomic mass is 16.5. The maximum Gasteiger partial charge on any atom is 0.326 e. The second-order valence-electron chi connectivity index (χ2n) is 5.41. The molecule has 2 aliphatic rings. The van der Waals surface area contributed by atoms with E-state index in [1.165, 1.54) is 4.90 Å². The van der Waals surface area contributed by atoms with Crippen LogP contribution in [0.2, 0.25) is 0 Å². The zero-order valence-electron chi connectivity index (χ0n) is 11.3. The lowest BCUT2D eigenvalue weighted by Gasteiger charge is -2.26. The van der Waals surface area contributed by atoms with E-state index in [4.69, 9.17) is 4.74 Å². The Bertz CT molecular complexity index is 342. The number of hydrogen-bond acceptors (Lipinski definition) is 4. The third kappa shape index (κ3) is 3.45. The molecule has 2 fully saturated rings. The quantitative estimate of drug-likeness (QED) is 0.756. The Balaban J connectivity index is 1.94. The van der Waals surface area contributed by atoms with Gasteiger partial charge in [-0.3, -0.25) is 4.79 Å². The van der Waals surface area contributed by atoms with Gasteiger partial charge in [0.05, 0.1) is 6.10 Å². The summed E-state index contributed by atoms with van der Waals surface area (Å²) in [5, 5.41) is 12.5. The average Bonchev–Trinajstić information content (AvgIpc) is 2.84. The van der Waals surface area contributed by atoms with Crippen LogP contribution >= 0.6 is 0 Å². The van der Waals surface area contributed by atoms with Crippen LogP contribution in [0.5, 0.6) is 0 Å². The molecule has 0 aliphatic carbocycles. The number of nitrogens with zero attached hydrogens (tertiary/aromatic N) is 1. The third-order valence-corrected chi connectivity index (χ3v) is 4.06. The van der Waals surface area contributed by atoms with E-state index in [0.717, 1.165) is 25.9 Å². The normalized spacial score (nSPS) is 31.4. The Morgan fingerprint density at radius 3 is 2.84 bits per heavy atom. The van der Waals surface area contributed by atoms with E-state index >= 15 is 0 Å². The summed E-state index contributed by atoms with van der Waals surface area (Å²) in [4.78, 5) is 25.0. The maximum atomic E-state index is 12.3. The molecular formula is C13H22N2O4. The summed E-state index contributed by atoms with van der Waals surface area (Å²) in [7, 11) is 1.56. The van der Waals surface area contributed by atoms with Crippen molar-refractivity contribution in [3.63, 3.8) is 0 Å². The van der Waals surface area contributed by atoms with Crippen LogP contribution in [0.15, 0.2) is 0 Å². The molecule has 0 aromatic carbocycles. The highest BCUT2D eigenvalue weighted by Gasteiger charge is 2.40. The first-order chi connectivity index (χ1) is 9.11. The minimum Gasteiger partial charge on any atom is -0.480 e. The van der Waals surface area contributed by atoms with Crippen LogP contribution in [0.4, 0.5) is 0 Å². The fourth-order valence-corrected chi connectivity index (χ4v) is 2.94. The summed E-state index contributed by atoms with van der Waals surface area (Å²) in [6.45, 7) is 2.26. The number of aliphatic carboxylic acids is 1. The lowest BCUT2D eigenvalue weighted by atomic mass is 9.95. The standard InChI is InChI=1S/C13H22N2O4/c1-19-10-6-11(13(17)18)15(8-10)12(16)5-9-3-2-4-14-7-9/h9-11,14H,2-8H2,1H3,(H,17,18). The molecule has 0 aromatic heterocycles. The van der Waals surface area contributed by atoms with Crippen LogP contribution in [0.1, 0.15) is 25.7 Å². The van der Waals surface area contributed by atoms with E-state index in [1.807, 2.05) is 0 Å². The molecule has 0 saturated carbocycles. The largest absolute Gasteiger partial charge is 0.480 e. The number of carbonyl (C=O) groups excluding carboxylic acids is 1. The van der Waals surface area contributed by atoms with E-state index in [-0.39, 0.29) is 12.0 Å². The number of piperidine rings is 1. The maximum absolute atomic E-state index is 12.3. The molecule has 6 nitrogen and oxygen atoms in total. The summed E-state index contributed by atoms with van der Waals surface area (Å²) < 4.78 is 5.19. The van der Waals surface area contributed by atoms with Crippen LogP contribution < -0.4 is 5.32 Å². The van der Waals surface area contributed by atoms with E-state index < -0.39 is 12.0 Å². The van der Waals surface area contributed by atoms with Crippen molar-refractivity contribution in [2.24, 2.45) is 5.92 Å². The van der Waals surface area contributed by atoms with Gasteiger partial charge in [-0.25, -0.2) is 4.79 Å². The molecule has 108 valence electrons. The molecule has 0 spiro atoms. The molecule has 6 heteroatoms. The molecule has 3 atom stereocenters. The van der Waals surface area contributed by atoms with Crippen molar-refractivity contribution < 1.29 is 19.4 Å². The number of likely N-dealkylation sites (tertiary alicyclic amines) is 1. The molecule has 2 saturated heterocycles. The van der Waals surface area contributed by atoms with E-state index in [2.05, 4.69) is 5.32 Å². The topological polar surface area (TPSA) is 78.9 Å². The predicted molar refractivity (Wildman–Crippen MR) is 68.8 cm³/mol. The number of carboxylic acids is 1. The predicted octanol–water partition coefficient (Wildman–Crippen LogP) is 0.0766. The first-order valence-electron chi connectivity index (χ1n) is 6.87. The van der Waals surface area contributed by atoms with Crippen molar-refractivity contribution in [1.29, 1.82) is 0 Å². The second-order valence-corrected chi connectivity index (χ2v) is 5.41. The smallest absolute Gasteiger partial charge is 0.326 e. The Kier molecular flexibility index (Phi) is 4.76. The molecular weight excluding hydrogens is 248 g/mol. The number of rotatable bonds is 4. The number of carboxylic acid groups (broad SMARTS) is 1. The van der Waals surface area contributed by atoms with Crippen LogP contribution in [-0.2, 0) is 14.3 Å². The molecule has 0 aromatic rings. The molecule has 19 heavy (non-hydrogen) atoms. The van der Waals surface area contributed by atoms with Crippen molar-refractivity contribution in [2.45, 2.75) is 37.8 Å². The molecule has 0 bridgehead atoms. The fourth-order valence-electron chi connectivity index (χ4n) is 2.94. The summed E-state index contributed by atoms with van der Waals surface area (Å²) in [6, 6.07) is -0.728. The highest BCUT2D eigenvalue weighted by molar-refractivity contribution is 5.84. The fraction of sp³-hybridized carbons (Fsp3) is 0.846. The van der Waals surface area contributed by atoms with Crippen LogP contribution in [0.25, 0.3) is 0 Å². The van der Waals surface area contributed by atoms with Gasteiger partial charge in [-0.05, 0) is 31.8 Å². The number of amides is 1. The third-order valence-electron chi connectivity index (χ3n) is 4.06. The zero-order valence-corrected chi connectivity index (χ0v) is 11.3. The van der Waals surface area contributed by atoms with Crippen LogP contribution in [0, 0.1) is 5.92 Å². The Morgan fingerprint density at radius 2 is 2.26 bits per heavy atom. The summed E-state index contributed by atoms with van der Waals surface area (Å²) in [6.07, 6.45) is 2.79. The Labute approximate surface area is 113 Å². The Hall–Kier alpha value is -1.14. The van der Waals surface area contributed by atoms with Crippen LogP contribution in [-0.4, -0.2) is 60.8 Å². The van der Waals surface area contributed by atoms with Gasteiger partial charge in [0, 0.05) is 26.5 Å². The average molecular weight is 270 g/mol. The first kappa shape index (κ1) is 14.3. The van der Waals surface area contributed by atoms with E-state index in [0.29, 0.717) is 25.3 Å². The first-order valence-corrected chi connectivity index (χ1v) is 6.87. The Morgan fingerprint density at radius 1 is 1.47 bits per heavy atom. The van der Waals surface area contributed by atoms with Crippen molar-refractivity contribution in [3.8, 4) is 0 Å². The second kappa shape index (κ2) is 6.34. The lowest BCUT2D eigenvalue weighted by molar-refractivity contribution is -0.148. The lowest BCUT2D eigenvalue weighted by Crippen LogP contribution is -2.42. The van der Waals surface area contributed by atoms with Gasteiger partial charge >= 0.3 is 5.97 Å². The van der Waals surface area contributed by atoms with Gasteiger partial charge in [0.25, 0.3) is 0 Å². The molecule has 2 aliphatic heterocycles. The summed E-state index contributed by atoms with van der Waals surface area (Å²) >= 11 is 0.